The maximum Gasteiger partial charge on any atom is 0.196 e. The van der Waals surface area contributed by atoms with E-state index in [2.05, 4.69) is 21.7 Å². The predicted octanol–water partition coefficient (Wildman–Crippen LogP) is 0.384. The molecule has 0 bridgehead atoms. The van der Waals surface area contributed by atoms with Crippen molar-refractivity contribution in [1.29, 1.82) is 0 Å². The molecule has 0 N–H and O–H groups in total. The summed E-state index contributed by atoms with van der Waals surface area (Å²) in [5.74, 6) is 1.26. The van der Waals surface area contributed by atoms with Gasteiger partial charge in [0.25, 0.3) is 0 Å². The summed E-state index contributed by atoms with van der Waals surface area (Å²) in [6.07, 6.45) is 1.23. The monoisotopic (exact) mass is 153 g/mol. The molecule has 3 heteroatoms. The Morgan fingerprint density at radius 2 is 2.27 bits per heavy atom. The first-order valence-corrected chi connectivity index (χ1v) is 4.46. The highest BCUT2D eigenvalue weighted by molar-refractivity contribution is 5.83. The second kappa shape index (κ2) is 2.72. The van der Waals surface area contributed by atoms with E-state index in [0.29, 0.717) is 0 Å². The van der Waals surface area contributed by atoms with E-state index in [1.54, 1.807) is 0 Å². The lowest BCUT2D eigenvalue weighted by Gasteiger charge is -2.16. The lowest BCUT2D eigenvalue weighted by Crippen LogP contribution is -2.30. The molecule has 0 radical (unpaired) electrons. The highest BCUT2D eigenvalue weighted by Crippen LogP contribution is 2.13. The third-order valence-electron chi connectivity index (χ3n) is 2.32. The Hall–Kier alpha value is -0.730. The van der Waals surface area contributed by atoms with Gasteiger partial charge in [0.2, 0.25) is 0 Å². The van der Waals surface area contributed by atoms with Gasteiger partial charge in [0.05, 0.1) is 6.54 Å². The van der Waals surface area contributed by atoms with E-state index in [1.807, 2.05) is 0 Å². The van der Waals surface area contributed by atoms with Gasteiger partial charge in [0.15, 0.2) is 5.96 Å². The molecule has 2 rings (SSSR count). The van der Waals surface area contributed by atoms with Crippen LogP contribution in [0, 0.1) is 0 Å². The summed E-state index contributed by atoms with van der Waals surface area (Å²) >= 11 is 0. The first-order chi connectivity index (χ1) is 5.42. The minimum absolute atomic E-state index is 1.01. The lowest BCUT2D eigenvalue weighted by atomic mass is 10.4. The summed E-state index contributed by atoms with van der Waals surface area (Å²) < 4.78 is 0. The van der Waals surface area contributed by atoms with E-state index >= 15 is 0 Å². The SMILES string of the molecule is CCCN1CCN2CCN=C12. The maximum atomic E-state index is 4.47. The van der Waals surface area contributed by atoms with E-state index in [1.165, 1.54) is 32.0 Å². The van der Waals surface area contributed by atoms with Crippen LogP contribution in [0.3, 0.4) is 0 Å². The van der Waals surface area contributed by atoms with Crippen LogP contribution in [0.2, 0.25) is 0 Å². The van der Waals surface area contributed by atoms with Crippen molar-refractivity contribution in [2.24, 2.45) is 4.99 Å². The summed E-state index contributed by atoms with van der Waals surface area (Å²) in [6, 6.07) is 0. The number of hydrogen-bond acceptors (Lipinski definition) is 3. The van der Waals surface area contributed by atoms with Crippen molar-refractivity contribution >= 4 is 5.96 Å². The molecule has 0 aromatic carbocycles. The molecule has 0 aromatic heterocycles. The van der Waals surface area contributed by atoms with E-state index in [4.69, 9.17) is 0 Å². The number of hydrogen-bond donors (Lipinski definition) is 0. The Morgan fingerprint density at radius 1 is 1.36 bits per heavy atom. The number of guanidine groups is 1. The Balaban J connectivity index is 2.02. The van der Waals surface area contributed by atoms with Crippen LogP contribution in [0.1, 0.15) is 13.3 Å². The van der Waals surface area contributed by atoms with Gasteiger partial charge in [0, 0.05) is 26.2 Å². The minimum Gasteiger partial charge on any atom is -0.341 e. The van der Waals surface area contributed by atoms with Crippen molar-refractivity contribution in [3.05, 3.63) is 0 Å². The largest absolute Gasteiger partial charge is 0.341 e. The van der Waals surface area contributed by atoms with Gasteiger partial charge >= 0.3 is 0 Å². The molecule has 62 valence electrons. The van der Waals surface area contributed by atoms with Crippen LogP contribution >= 0.6 is 0 Å². The van der Waals surface area contributed by atoms with Gasteiger partial charge in [-0.05, 0) is 6.42 Å². The van der Waals surface area contributed by atoms with E-state index < -0.39 is 0 Å². The van der Waals surface area contributed by atoms with Gasteiger partial charge in [-0.1, -0.05) is 6.92 Å². The maximum absolute atomic E-state index is 4.47. The molecule has 0 spiro atoms. The second-order valence-corrected chi connectivity index (χ2v) is 3.16. The third-order valence-corrected chi connectivity index (χ3v) is 2.32. The van der Waals surface area contributed by atoms with E-state index in [9.17, 15) is 0 Å². The molecule has 2 aliphatic rings. The Bertz CT molecular complexity index is 174. The van der Waals surface area contributed by atoms with Gasteiger partial charge in [-0.25, -0.2) is 0 Å². The summed E-state index contributed by atoms with van der Waals surface area (Å²) in [5, 5.41) is 0. The average molecular weight is 153 g/mol. The molecule has 1 saturated heterocycles. The van der Waals surface area contributed by atoms with Gasteiger partial charge in [-0.15, -0.1) is 0 Å². The molecule has 0 aliphatic carbocycles. The van der Waals surface area contributed by atoms with Crippen LogP contribution in [0.5, 0.6) is 0 Å². The highest BCUT2D eigenvalue weighted by atomic mass is 15.5. The van der Waals surface area contributed by atoms with Gasteiger partial charge in [-0.3, -0.25) is 4.99 Å². The van der Waals surface area contributed by atoms with Crippen molar-refractivity contribution in [3.8, 4) is 0 Å². The smallest absolute Gasteiger partial charge is 0.196 e. The van der Waals surface area contributed by atoms with Crippen molar-refractivity contribution in [2.75, 3.05) is 32.7 Å². The van der Waals surface area contributed by atoms with Crippen LogP contribution in [-0.2, 0) is 0 Å². The molecule has 0 saturated carbocycles. The summed E-state index contributed by atoms with van der Waals surface area (Å²) in [6.45, 7) is 7.93. The molecule has 3 nitrogen and oxygen atoms in total. The van der Waals surface area contributed by atoms with Crippen LogP contribution < -0.4 is 0 Å². The fraction of sp³-hybridized carbons (Fsp3) is 0.875. The van der Waals surface area contributed by atoms with Crippen molar-refractivity contribution in [2.45, 2.75) is 13.3 Å². The number of aliphatic imine (C=N–C) groups is 1. The average Bonchev–Trinajstić information content (AvgIpc) is 2.53. The van der Waals surface area contributed by atoms with E-state index in [-0.39, 0.29) is 0 Å². The zero-order valence-corrected chi connectivity index (χ0v) is 7.08. The fourth-order valence-corrected chi connectivity index (χ4v) is 1.81. The molecular weight excluding hydrogens is 138 g/mol. The first kappa shape index (κ1) is 6.95. The molecule has 2 aliphatic heterocycles. The molecular formula is C8H15N3. The number of rotatable bonds is 2. The van der Waals surface area contributed by atoms with Gasteiger partial charge in [-0.2, -0.15) is 0 Å². The zero-order chi connectivity index (χ0) is 7.68. The number of fused-ring (bicyclic) bond motifs is 1. The second-order valence-electron chi connectivity index (χ2n) is 3.16. The number of nitrogens with zero attached hydrogens (tertiary/aromatic N) is 3. The van der Waals surface area contributed by atoms with Crippen molar-refractivity contribution in [3.63, 3.8) is 0 Å². The predicted molar refractivity (Wildman–Crippen MR) is 45.7 cm³/mol. The standard InChI is InChI=1S/C8H15N3/c1-2-4-10-6-7-11-5-3-9-8(10)11/h2-7H2,1H3. The van der Waals surface area contributed by atoms with Crippen LogP contribution in [0.4, 0.5) is 0 Å². The van der Waals surface area contributed by atoms with E-state index in [0.717, 1.165) is 13.1 Å². The molecule has 11 heavy (non-hydrogen) atoms. The third kappa shape index (κ3) is 1.08. The molecule has 2 heterocycles. The first-order valence-electron chi connectivity index (χ1n) is 4.46. The van der Waals surface area contributed by atoms with Crippen LogP contribution in [0.25, 0.3) is 0 Å². The zero-order valence-electron chi connectivity index (χ0n) is 7.08. The fourth-order valence-electron chi connectivity index (χ4n) is 1.81. The molecule has 1 fully saturated rings. The topological polar surface area (TPSA) is 18.8 Å². The lowest BCUT2D eigenvalue weighted by molar-refractivity contribution is 0.456. The van der Waals surface area contributed by atoms with Crippen LogP contribution in [0.15, 0.2) is 4.99 Å². The summed E-state index contributed by atoms with van der Waals surface area (Å²) in [7, 11) is 0. The minimum atomic E-state index is 1.01. The highest BCUT2D eigenvalue weighted by Gasteiger charge is 2.28. The Labute approximate surface area is 67.7 Å². The molecule has 0 aromatic rings. The molecule has 0 atom stereocenters. The molecule has 0 unspecified atom stereocenters. The normalized spacial score (nSPS) is 22.5. The Kier molecular flexibility index (Phi) is 1.72. The Morgan fingerprint density at radius 3 is 3.09 bits per heavy atom. The van der Waals surface area contributed by atoms with Gasteiger partial charge < -0.3 is 9.80 Å². The van der Waals surface area contributed by atoms with Crippen molar-refractivity contribution in [1.82, 2.24) is 9.80 Å². The summed E-state index contributed by atoms with van der Waals surface area (Å²) in [5.41, 5.74) is 0. The summed E-state index contributed by atoms with van der Waals surface area (Å²) in [4.78, 5) is 9.25. The molecule has 0 amide bonds. The van der Waals surface area contributed by atoms with Gasteiger partial charge in [0.1, 0.15) is 0 Å². The van der Waals surface area contributed by atoms with Crippen LogP contribution in [-0.4, -0.2) is 48.5 Å². The van der Waals surface area contributed by atoms with Crippen molar-refractivity contribution < 1.29 is 0 Å². The quantitative estimate of drug-likeness (QED) is 0.571.